The van der Waals surface area contributed by atoms with E-state index < -0.39 is 10.0 Å². The highest BCUT2D eigenvalue weighted by molar-refractivity contribution is 7.89. The summed E-state index contributed by atoms with van der Waals surface area (Å²) in [7, 11) is -3.44. The summed E-state index contributed by atoms with van der Waals surface area (Å²) in [4.78, 5) is 0.299. The van der Waals surface area contributed by atoms with Crippen molar-refractivity contribution in [2.75, 3.05) is 13.2 Å². The second-order valence-electron chi connectivity index (χ2n) is 4.36. The van der Waals surface area contributed by atoms with Crippen molar-refractivity contribution in [3.63, 3.8) is 0 Å². The van der Waals surface area contributed by atoms with Gasteiger partial charge in [-0.15, -0.1) is 0 Å². The van der Waals surface area contributed by atoms with Gasteiger partial charge in [0.1, 0.15) is 0 Å². The van der Waals surface area contributed by atoms with Crippen LogP contribution >= 0.6 is 0 Å². The maximum Gasteiger partial charge on any atom is 0.240 e. The summed E-state index contributed by atoms with van der Waals surface area (Å²) in [6.45, 7) is 0.902. The van der Waals surface area contributed by atoms with Crippen molar-refractivity contribution in [2.24, 2.45) is 0 Å². The molecule has 18 heavy (non-hydrogen) atoms. The summed E-state index contributed by atoms with van der Waals surface area (Å²) in [6.07, 6.45) is 0. The summed E-state index contributed by atoms with van der Waals surface area (Å²) >= 11 is 0. The topological polar surface area (TPSA) is 55.4 Å². The minimum atomic E-state index is -3.44. The Labute approximate surface area is 106 Å². The fourth-order valence-electron chi connectivity index (χ4n) is 1.93. The molecule has 1 fully saturated rings. The molecule has 0 radical (unpaired) electrons. The van der Waals surface area contributed by atoms with Gasteiger partial charge in [-0.3, -0.25) is 0 Å². The average Bonchev–Trinajstić information content (AvgIpc) is 2.33. The smallest absolute Gasteiger partial charge is 0.240 e. The molecule has 0 spiro atoms. The molecule has 5 heteroatoms. The Balaban J connectivity index is 1.97. The van der Waals surface area contributed by atoms with Gasteiger partial charge in [0.05, 0.1) is 24.2 Å². The minimum absolute atomic E-state index is 0.0959. The Kier molecular flexibility index (Phi) is 2.81. The Morgan fingerprint density at radius 1 is 1.06 bits per heavy atom. The standard InChI is InChI=1S/C13H13NO3S/c15-18(16,14-12-8-17-9-12)13-6-5-10-3-1-2-4-11(10)7-13/h1-7,12,14H,8-9H2. The zero-order valence-electron chi connectivity index (χ0n) is 9.67. The van der Waals surface area contributed by atoms with E-state index in [9.17, 15) is 8.42 Å². The molecule has 0 bridgehead atoms. The van der Waals surface area contributed by atoms with E-state index in [1.807, 2.05) is 30.3 Å². The number of rotatable bonds is 3. The minimum Gasteiger partial charge on any atom is -0.378 e. The van der Waals surface area contributed by atoms with Crippen LogP contribution in [0.4, 0.5) is 0 Å². The molecule has 0 atom stereocenters. The molecule has 4 nitrogen and oxygen atoms in total. The van der Waals surface area contributed by atoms with Crippen molar-refractivity contribution in [1.82, 2.24) is 4.72 Å². The number of hydrogen-bond donors (Lipinski definition) is 1. The van der Waals surface area contributed by atoms with Crippen molar-refractivity contribution in [3.05, 3.63) is 42.5 Å². The molecule has 0 saturated carbocycles. The van der Waals surface area contributed by atoms with Gasteiger partial charge < -0.3 is 4.74 Å². The fraction of sp³-hybridized carbons (Fsp3) is 0.231. The summed E-state index contributed by atoms with van der Waals surface area (Å²) in [5.41, 5.74) is 0. The normalized spacial score (nSPS) is 16.7. The van der Waals surface area contributed by atoms with Crippen molar-refractivity contribution in [1.29, 1.82) is 0 Å². The van der Waals surface area contributed by atoms with Gasteiger partial charge in [-0.2, -0.15) is 0 Å². The van der Waals surface area contributed by atoms with E-state index >= 15 is 0 Å². The largest absolute Gasteiger partial charge is 0.378 e. The van der Waals surface area contributed by atoms with Crippen LogP contribution in [0.25, 0.3) is 10.8 Å². The van der Waals surface area contributed by atoms with Gasteiger partial charge in [-0.25, -0.2) is 13.1 Å². The number of benzene rings is 2. The second-order valence-corrected chi connectivity index (χ2v) is 6.08. The van der Waals surface area contributed by atoms with E-state index in [-0.39, 0.29) is 6.04 Å². The monoisotopic (exact) mass is 263 g/mol. The van der Waals surface area contributed by atoms with E-state index in [0.29, 0.717) is 18.1 Å². The van der Waals surface area contributed by atoms with E-state index in [1.165, 1.54) is 0 Å². The molecule has 1 aliphatic heterocycles. The van der Waals surface area contributed by atoms with Gasteiger partial charge in [0, 0.05) is 0 Å². The molecule has 1 aliphatic rings. The first-order chi connectivity index (χ1) is 8.65. The molecule has 2 aromatic rings. The molecule has 94 valence electrons. The predicted octanol–water partition coefficient (Wildman–Crippen LogP) is 1.52. The highest BCUT2D eigenvalue weighted by Gasteiger charge is 2.25. The SMILES string of the molecule is O=S(=O)(NC1COC1)c1ccc2ccccc2c1. The van der Waals surface area contributed by atoms with Crippen molar-refractivity contribution in [2.45, 2.75) is 10.9 Å². The molecule has 1 N–H and O–H groups in total. The number of hydrogen-bond acceptors (Lipinski definition) is 3. The first kappa shape index (κ1) is 11.6. The van der Waals surface area contributed by atoms with Crippen LogP contribution in [0.3, 0.4) is 0 Å². The molecule has 2 aromatic carbocycles. The van der Waals surface area contributed by atoms with Crippen molar-refractivity contribution in [3.8, 4) is 0 Å². The van der Waals surface area contributed by atoms with E-state index in [0.717, 1.165) is 10.8 Å². The Bertz CT molecular complexity index is 677. The van der Waals surface area contributed by atoms with Crippen LogP contribution in [-0.2, 0) is 14.8 Å². The molecule has 0 aromatic heterocycles. The Morgan fingerprint density at radius 3 is 2.44 bits per heavy atom. The lowest BCUT2D eigenvalue weighted by Crippen LogP contribution is -2.48. The van der Waals surface area contributed by atoms with Crippen LogP contribution in [0, 0.1) is 0 Å². The average molecular weight is 263 g/mol. The van der Waals surface area contributed by atoms with Crippen molar-refractivity contribution >= 4 is 20.8 Å². The van der Waals surface area contributed by atoms with Crippen LogP contribution in [0.5, 0.6) is 0 Å². The molecule has 0 amide bonds. The van der Waals surface area contributed by atoms with Crippen molar-refractivity contribution < 1.29 is 13.2 Å². The van der Waals surface area contributed by atoms with Gasteiger partial charge >= 0.3 is 0 Å². The zero-order valence-corrected chi connectivity index (χ0v) is 10.5. The summed E-state index contributed by atoms with van der Waals surface area (Å²) in [5, 5.41) is 1.95. The van der Waals surface area contributed by atoms with Crippen LogP contribution < -0.4 is 4.72 Å². The number of fused-ring (bicyclic) bond motifs is 1. The highest BCUT2D eigenvalue weighted by Crippen LogP contribution is 2.19. The lowest BCUT2D eigenvalue weighted by molar-refractivity contribution is 0.00482. The van der Waals surface area contributed by atoms with Gasteiger partial charge in [0.2, 0.25) is 10.0 Å². The van der Waals surface area contributed by atoms with E-state index in [4.69, 9.17) is 4.74 Å². The third kappa shape index (κ3) is 2.12. The first-order valence-corrected chi connectivity index (χ1v) is 7.22. The lowest BCUT2D eigenvalue weighted by atomic mass is 10.1. The quantitative estimate of drug-likeness (QED) is 0.913. The number of sulfonamides is 1. The molecule has 0 unspecified atom stereocenters. The molecule has 3 rings (SSSR count). The Hall–Kier alpha value is -1.43. The molecule has 0 aliphatic carbocycles. The maximum absolute atomic E-state index is 12.1. The first-order valence-electron chi connectivity index (χ1n) is 5.74. The van der Waals surface area contributed by atoms with E-state index in [1.54, 1.807) is 12.1 Å². The van der Waals surface area contributed by atoms with Gasteiger partial charge in [-0.05, 0) is 22.9 Å². The van der Waals surface area contributed by atoms with Crippen LogP contribution in [0.1, 0.15) is 0 Å². The van der Waals surface area contributed by atoms with Gasteiger partial charge in [-0.1, -0.05) is 30.3 Å². The van der Waals surface area contributed by atoms with Gasteiger partial charge in [0.15, 0.2) is 0 Å². The summed E-state index contributed by atoms with van der Waals surface area (Å²) in [6, 6.07) is 12.7. The Morgan fingerprint density at radius 2 is 1.78 bits per heavy atom. The second kappa shape index (κ2) is 4.35. The third-order valence-electron chi connectivity index (χ3n) is 2.99. The third-order valence-corrected chi connectivity index (χ3v) is 4.51. The predicted molar refractivity (Wildman–Crippen MR) is 68.9 cm³/mol. The van der Waals surface area contributed by atoms with E-state index in [2.05, 4.69) is 4.72 Å². The highest BCUT2D eigenvalue weighted by atomic mass is 32.2. The molecular formula is C13H13NO3S. The van der Waals surface area contributed by atoms with Crippen LogP contribution in [0.2, 0.25) is 0 Å². The maximum atomic E-state index is 12.1. The zero-order chi connectivity index (χ0) is 12.6. The fourth-order valence-corrected chi connectivity index (χ4v) is 3.17. The number of nitrogens with one attached hydrogen (secondary N) is 1. The summed E-state index contributed by atoms with van der Waals surface area (Å²) in [5.74, 6) is 0. The molecular weight excluding hydrogens is 250 g/mol. The van der Waals surface area contributed by atoms with Crippen LogP contribution in [0.15, 0.2) is 47.4 Å². The molecule has 1 heterocycles. The summed E-state index contributed by atoms with van der Waals surface area (Å²) < 4.78 is 31.8. The lowest BCUT2D eigenvalue weighted by Gasteiger charge is -2.26. The molecule has 1 saturated heterocycles. The number of ether oxygens (including phenoxy) is 1. The van der Waals surface area contributed by atoms with Gasteiger partial charge in [0.25, 0.3) is 0 Å². The van der Waals surface area contributed by atoms with Crippen LogP contribution in [-0.4, -0.2) is 27.7 Å².